The van der Waals surface area contributed by atoms with Gasteiger partial charge in [-0.25, -0.2) is 0 Å². The Hall–Kier alpha value is -1.13. The van der Waals surface area contributed by atoms with Crippen molar-refractivity contribution < 1.29 is 15.0 Å². The van der Waals surface area contributed by atoms with Crippen LogP contribution in [-0.4, -0.2) is 34.9 Å². The highest BCUT2D eigenvalue weighted by atomic mass is 16.3. The van der Waals surface area contributed by atoms with Crippen LogP contribution in [-0.2, 0) is 4.79 Å². The van der Waals surface area contributed by atoms with Crippen molar-refractivity contribution in [1.82, 2.24) is 5.32 Å². The Labute approximate surface area is 339 Å². The molecule has 2 unspecified atom stereocenters. The first-order chi connectivity index (χ1) is 26.7. The lowest BCUT2D eigenvalue weighted by molar-refractivity contribution is -0.123. The van der Waals surface area contributed by atoms with Crippen molar-refractivity contribution in [2.75, 3.05) is 6.61 Å². The molecule has 1 amide bonds. The van der Waals surface area contributed by atoms with Gasteiger partial charge in [-0.15, -0.1) is 0 Å². The summed E-state index contributed by atoms with van der Waals surface area (Å²) in [6.45, 7) is 4.32. The Morgan fingerprint density at radius 1 is 0.426 bits per heavy atom. The number of carbonyl (C=O) groups is 1. The second kappa shape index (κ2) is 46.3. The number of nitrogens with one attached hydrogen (secondary N) is 1. The molecule has 0 aliphatic rings. The van der Waals surface area contributed by atoms with Crippen LogP contribution in [0.5, 0.6) is 0 Å². The molecule has 0 spiro atoms. The van der Waals surface area contributed by atoms with E-state index in [2.05, 4.69) is 31.3 Å². The molecule has 0 saturated heterocycles. The van der Waals surface area contributed by atoms with Gasteiger partial charge in [0.05, 0.1) is 18.8 Å². The summed E-state index contributed by atoms with van der Waals surface area (Å²) in [5.41, 5.74) is 0. The van der Waals surface area contributed by atoms with Crippen LogP contribution in [0, 0.1) is 0 Å². The molecule has 320 valence electrons. The summed E-state index contributed by atoms with van der Waals surface area (Å²) in [6.07, 6.45) is 60.2. The molecule has 0 saturated carbocycles. The fourth-order valence-electron chi connectivity index (χ4n) is 7.67. The zero-order chi connectivity index (χ0) is 39.3. The van der Waals surface area contributed by atoms with Gasteiger partial charge in [0.25, 0.3) is 0 Å². The smallest absolute Gasteiger partial charge is 0.220 e. The van der Waals surface area contributed by atoms with Crippen molar-refractivity contribution in [3.05, 3.63) is 24.3 Å². The SMILES string of the molecule is CCCCCCCCCCCCCC/C=C/CC/C=C/C(O)C(CO)NC(=O)CCCCCCCCCCCCCCCCCCCCCCCCCC. The molecular weight excluding hydrogens is 663 g/mol. The van der Waals surface area contributed by atoms with Crippen molar-refractivity contribution in [3.8, 4) is 0 Å². The van der Waals surface area contributed by atoms with Gasteiger partial charge in [-0.2, -0.15) is 0 Å². The summed E-state index contributed by atoms with van der Waals surface area (Å²) in [5.74, 6) is -0.0685. The zero-order valence-electron chi connectivity index (χ0n) is 36.8. The minimum Gasteiger partial charge on any atom is -0.394 e. The molecule has 0 heterocycles. The first-order valence-corrected chi connectivity index (χ1v) is 24.6. The number of aliphatic hydroxyl groups is 2. The van der Waals surface area contributed by atoms with Gasteiger partial charge >= 0.3 is 0 Å². The lowest BCUT2D eigenvalue weighted by atomic mass is 10.0. The molecule has 54 heavy (non-hydrogen) atoms. The largest absolute Gasteiger partial charge is 0.394 e. The maximum Gasteiger partial charge on any atom is 0.220 e. The first-order valence-electron chi connectivity index (χ1n) is 24.6. The van der Waals surface area contributed by atoms with Crippen molar-refractivity contribution in [2.24, 2.45) is 0 Å². The van der Waals surface area contributed by atoms with E-state index in [0.717, 1.165) is 32.1 Å². The quantitative estimate of drug-likeness (QED) is 0.0428. The highest BCUT2D eigenvalue weighted by Gasteiger charge is 2.17. The van der Waals surface area contributed by atoms with E-state index in [9.17, 15) is 15.0 Å². The molecule has 0 aromatic carbocycles. The van der Waals surface area contributed by atoms with E-state index in [0.29, 0.717) is 6.42 Å². The van der Waals surface area contributed by atoms with Crippen LogP contribution in [0.25, 0.3) is 0 Å². The lowest BCUT2D eigenvalue weighted by Crippen LogP contribution is -2.45. The molecule has 0 fully saturated rings. The average Bonchev–Trinajstić information content (AvgIpc) is 3.18. The summed E-state index contributed by atoms with van der Waals surface area (Å²) in [7, 11) is 0. The molecule has 0 aromatic heterocycles. The fraction of sp³-hybridized carbons (Fsp3) is 0.900. The third-order valence-corrected chi connectivity index (χ3v) is 11.4. The van der Waals surface area contributed by atoms with Crippen molar-refractivity contribution in [2.45, 2.75) is 283 Å². The van der Waals surface area contributed by atoms with Gasteiger partial charge in [-0.05, 0) is 32.1 Å². The van der Waals surface area contributed by atoms with Crippen LogP contribution in [0.2, 0.25) is 0 Å². The van der Waals surface area contributed by atoms with Gasteiger partial charge in [0.2, 0.25) is 5.91 Å². The molecule has 3 N–H and O–H groups in total. The summed E-state index contributed by atoms with van der Waals surface area (Å²) in [4.78, 5) is 12.4. The predicted molar refractivity (Wildman–Crippen MR) is 239 cm³/mol. The average molecular weight is 760 g/mol. The molecule has 4 nitrogen and oxygen atoms in total. The van der Waals surface area contributed by atoms with E-state index in [1.54, 1.807) is 6.08 Å². The summed E-state index contributed by atoms with van der Waals surface area (Å²) in [5, 5.41) is 23.1. The first kappa shape index (κ1) is 52.9. The Kier molecular flexibility index (Phi) is 45.3. The lowest BCUT2D eigenvalue weighted by Gasteiger charge is -2.19. The number of unbranched alkanes of at least 4 members (excludes halogenated alkanes) is 36. The van der Waals surface area contributed by atoms with Crippen LogP contribution < -0.4 is 5.32 Å². The molecule has 0 rings (SSSR count). The summed E-state index contributed by atoms with van der Waals surface area (Å²) in [6, 6.07) is -0.635. The Morgan fingerprint density at radius 2 is 0.722 bits per heavy atom. The van der Waals surface area contributed by atoms with Crippen LogP contribution in [0.4, 0.5) is 0 Å². The summed E-state index contributed by atoms with van der Waals surface area (Å²) < 4.78 is 0. The van der Waals surface area contributed by atoms with E-state index >= 15 is 0 Å². The number of hydrogen-bond acceptors (Lipinski definition) is 3. The molecular formula is C50H97NO3. The minimum atomic E-state index is -0.858. The maximum absolute atomic E-state index is 12.4. The monoisotopic (exact) mass is 760 g/mol. The Balaban J connectivity index is 3.52. The third kappa shape index (κ3) is 42.0. The highest BCUT2D eigenvalue weighted by Crippen LogP contribution is 2.17. The molecule has 0 radical (unpaired) electrons. The van der Waals surface area contributed by atoms with Crippen molar-refractivity contribution in [1.29, 1.82) is 0 Å². The number of carbonyl (C=O) groups excluding carboxylic acids is 1. The zero-order valence-corrected chi connectivity index (χ0v) is 36.8. The Bertz CT molecular complexity index is 780. The van der Waals surface area contributed by atoms with Gasteiger partial charge in [0.15, 0.2) is 0 Å². The third-order valence-electron chi connectivity index (χ3n) is 11.4. The van der Waals surface area contributed by atoms with E-state index in [1.807, 2.05) is 6.08 Å². The molecule has 0 aromatic rings. The highest BCUT2D eigenvalue weighted by molar-refractivity contribution is 5.76. The number of aliphatic hydroxyl groups excluding tert-OH is 2. The molecule has 2 atom stereocenters. The van der Waals surface area contributed by atoms with Crippen LogP contribution in [0.3, 0.4) is 0 Å². The molecule has 0 aliphatic heterocycles. The topological polar surface area (TPSA) is 69.6 Å². The molecule has 4 heteroatoms. The van der Waals surface area contributed by atoms with E-state index in [4.69, 9.17) is 0 Å². The number of rotatable bonds is 45. The van der Waals surface area contributed by atoms with Gasteiger partial charge in [-0.1, -0.05) is 256 Å². The van der Waals surface area contributed by atoms with Gasteiger partial charge in [-0.3, -0.25) is 4.79 Å². The van der Waals surface area contributed by atoms with E-state index in [1.165, 1.54) is 218 Å². The minimum absolute atomic E-state index is 0.0685. The fourth-order valence-corrected chi connectivity index (χ4v) is 7.67. The number of amides is 1. The molecule has 0 aliphatic carbocycles. The van der Waals surface area contributed by atoms with Crippen LogP contribution >= 0.6 is 0 Å². The number of hydrogen-bond donors (Lipinski definition) is 3. The van der Waals surface area contributed by atoms with Crippen LogP contribution in [0.15, 0.2) is 24.3 Å². The number of allylic oxidation sites excluding steroid dienone is 3. The standard InChI is InChI=1S/C50H97NO3/c1-3-5-7-9-11-13-15-17-19-21-23-24-25-26-27-28-30-32-34-36-38-40-42-44-46-50(54)51-48(47-52)49(53)45-43-41-39-37-35-33-31-29-22-20-18-16-14-12-10-8-6-4-2/h35,37,43,45,48-49,52-53H,3-34,36,38-42,44,46-47H2,1-2H3,(H,51,54)/b37-35+,45-43+. The van der Waals surface area contributed by atoms with Gasteiger partial charge < -0.3 is 15.5 Å². The summed E-state index contributed by atoms with van der Waals surface area (Å²) >= 11 is 0. The molecule has 0 bridgehead atoms. The van der Waals surface area contributed by atoms with Gasteiger partial charge in [0.1, 0.15) is 0 Å². The maximum atomic E-state index is 12.4. The van der Waals surface area contributed by atoms with E-state index < -0.39 is 12.1 Å². The van der Waals surface area contributed by atoms with E-state index in [-0.39, 0.29) is 12.5 Å². The Morgan fingerprint density at radius 3 is 1.07 bits per heavy atom. The van der Waals surface area contributed by atoms with Crippen molar-refractivity contribution >= 4 is 5.91 Å². The van der Waals surface area contributed by atoms with Crippen molar-refractivity contribution in [3.63, 3.8) is 0 Å². The van der Waals surface area contributed by atoms with Gasteiger partial charge in [0, 0.05) is 6.42 Å². The second-order valence-electron chi connectivity index (χ2n) is 16.9. The second-order valence-corrected chi connectivity index (χ2v) is 16.9. The normalized spacial score (nSPS) is 13.0. The predicted octanol–water partition coefficient (Wildman–Crippen LogP) is 15.6. The van der Waals surface area contributed by atoms with Crippen LogP contribution in [0.1, 0.15) is 271 Å².